The molecule has 0 saturated heterocycles. The average Bonchev–Trinajstić information content (AvgIpc) is 3.32. The van der Waals surface area contributed by atoms with Crippen LogP contribution in [0.5, 0.6) is 0 Å². The van der Waals surface area contributed by atoms with E-state index >= 15 is 0 Å². The van der Waals surface area contributed by atoms with Gasteiger partial charge in [-0.1, -0.05) is 42.6 Å². The van der Waals surface area contributed by atoms with E-state index in [-0.39, 0.29) is 17.9 Å². The molecule has 0 atom stereocenters. The number of nitrogens with zero attached hydrogens (tertiary/aromatic N) is 1. The van der Waals surface area contributed by atoms with Gasteiger partial charge in [-0.15, -0.1) is 0 Å². The van der Waals surface area contributed by atoms with Crippen LogP contribution >= 0.6 is 11.6 Å². The number of urea groups is 1. The smallest absolute Gasteiger partial charge is 0.312 e. The Morgan fingerprint density at radius 3 is 2.59 bits per heavy atom. The molecule has 2 aromatic rings. The van der Waals surface area contributed by atoms with Crippen LogP contribution in [0, 0.1) is 5.92 Å². The van der Waals surface area contributed by atoms with E-state index in [1.54, 1.807) is 12.1 Å². The molecule has 5 nitrogen and oxygen atoms in total. The van der Waals surface area contributed by atoms with E-state index in [0.717, 1.165) is 49.9 Å². The number of anilines is 3. The zero-order valence-corrected chi connectivity index (χ0v) is 15.8. The van der Waals surface area contributed by atoms with Crippen LogP contribution in [-0.2, 0) is 11.2 Å². The Morgan fingerprint density at radius 1 is 1.04 bits per heavy atom. The van der Waals surface area contributed by atoms with Gasteiger partial charge in [-0.25, -0.2) is 4.79 Å². The van der Waals surface area contributed by atoms with Crippen molar-refractivity contribution in [3.05, 3.63) is 53.1 Å². The first-order valence-corrected chi connectivity index (χ1v) is 9.76. The van der Waals surface area contributed by atoms with Gasteiger partial charge < -0.3 is 15.5 Å². The minimum Gasteiger partial charge on any atom is -0.312 e. The van der Waals surface area contributed by atoms with Gasteiger partial charge in [-0.3, -0.25) is 4.79 Å². The maximum absolute atomic E-state index is 12.8. The molecule has 1 fully saturated rings. The summed E-state index contributed by atoms with van der Waals surface area (Å²) in [6.45, 7) is 0.722. The van der Waals surface area contributed by atoms with Crippen LogP contribution in [0.1, 0.15) is 31.2 Å². The average molecular weight is 384 g/mol. The molecule has 3 amide bonds. The molecule has 0 bridgehead atoms. The highest BCUT2D eigenvalue weighted by Gasteiger charge is 2.31. The number of hydrogen-bond donors (Lipinski definition) is 2. The molecule has 1 heterocycles. The van der Waals surface area contributed by atoms with E-state index < -0.39 is 0 Å². The van der Waals surface area contributed by atoms with Gasteiger partial charge >= 0.3 is 6.03 Å². The van der Waals surface area contributed by atoms with Crippen LogP contribution in [0.3, 0.4) is 0 Å². The lowest BCUT2D eigenvalue weighted by atomic mass is 10.1. The number of halogens is 1. The zero-order chi connectivity index (χ0) is 18.8. The highest BCUT2D eigenvalue weighted by molar-refractivity contribution is 6.33. The summed E-state index contributed by atoms with van der Waals surface area (Å²) in [5, 5.41) is 6.05. The Balaban J connectivity index is 1.47. The lowest BCUT2D eigenvalue weighted by Gasteiger charge is -2.21. The highest BCUT2D eigenvalue weighted by atomic mass is 35.5. The molecule has 1 aliphatic carbocycles. The maximum Gasteiger partial charge on any atom is 0.323 e. The lowest BCUT2D eigenvalue weighted by Crippen LogP contribution is -2.33. The number of fused-ring (bicyclic) bond motifs is 1. The first kappa shape index (κ1) is 17.9. The fourth-order valence-electron chi connectivity index (χ4n) is 3.93. The van der Waals surface area contributed by atoms with Gasteiger partial charge in [-0.05, 0) is 49.1 Å². The largest absolute Gasteiger partial charge is 0.323 e. The molecular weight excluding hydrogens is 362 g/mol. The summed E-state index contributed by atoms with van der Waals surface area (Å²) in [7, 11) is 0. The van der Waals surface area contributed by atoms with Crippen molar-refractivity contribution >= 4 is 40.6 Å². The summed E-state index contributed by atoms with van der Waals surface area (Å²) >= 11 is 6.08. The van der Waals surface area contributed by atoms with Crippen LogP contribution in [0.25, 0.3) is 0 Å². The Bertz CT molecular complexity index is 877. The predicted molar refractivity (Wildman–Crippen MR) is 109 cm³/mol. The topological polar surface area (TPSA) is 61.4 Å². The van der Waals surface area contributed by atoms with Crippen molar-refractivity contribution in [2.75, 3.05) is 22.1 Å². The summed E-state index contributed by atoms with van der Waals surface area (Å²) in [4.78, 5) is 27.0. The van der Waals surface area contributed by atoms with E-state index in [1.807, 2.05) is 35.2 Å². The van der Waals surface area contributed by atoms with Crippen LogP contribution in [0.2, 0.25) is 5.02 Å². The molecule has 1 saturated carbocycles. The van der Waals surface area contributed by atoms with E-state index in [1.165, 1.54) is 0 Å². The predicted octanol–water partition coefficient (Wildman–Crippen LogP) is 5.06. The standard InChI is InChI=1S/C21H22ClN3O2/c22-17-7-3-4-8-18(17)24-21(27)23-16-10-9-14-11-12-25(19(14)13-16)20(26)15-5-1-2-6-15/h3-4,7-10,13,15H,1-2,5-6,11-12H2,(H2,23,24,27). The summed E-state index contributed by atoms with van der Waals surface area (Å²) < 4.78 is 0. The van der Waals surface area contributed by atoms with Gasteiger partial charge in [0.25, 0.3) is 0 Å². The normalized spacial score (nSPS) is 16.3. The molecule has 6 heteroatoms. The number of benzene rings is 2. The molecule has 1 aliphatic heterocycles. The Labute approximate surface area is 163 Å². The first-order valence-electron chi connectivity index (χ1n) is 9.38. The summed E-state index contributed by atoms with van der Waals surface area (Å²) in [5.74, 6) is 0.375. The molecule has 0 spiro atoms. The van der Waals surface area contributed by atoms with Crippen molar-refractivity contribution in [2.45, 2.75) is 32.1 Å². The minimum atomic E-state index is -0.366. The van der Waals surface area contributed by atoms with Crippen molar-refractivity contribution in [1.29, 1.82) is 0 Å². The second-order valence-electron chi connectivity index (χ2n) is 7.12. The van der Waals surface area contributed by atoms with Gasteiger partial charge in [-0.2, -0.15) is 0 Å². The third-order valence-corrected chi connectivity index (χ3v) is 5.66. The quantitative estimate of drug-likeness (QED) is 0.777. The second-order valence-corrected chi connectivity index (χ2v) is 7.53. The molecule has 27 heavy (non-hydrogen) atoms. The van der Waals surface area contributed by atoms with Gasteiger partial charge in [0.1, 0.15) is 0 Å². The monoisotopic (exact) mass is 383 g/mol. The minimum absolute atomic E-state index is 0.149. The van der Waals surface area contributed by atoms with Crippen LogP contribution in [0.15, 0.2) is 42.5 Å². The molecule has 2 N–H and O–H groups in total. The van der Waals surface area contributed by atoms with Crippen molar-refractivity contribution in [1.82, 2.24) is 0 Å². The molecule has 2 aromatic carbocycles. The maximum atomic E-state index is 12.8. The first-order chi connectivity index (χ1) is 13.1. The van der Waals surface area contributed by atoms with Gasteiger partial charge in [0, 0.05) is 23.8 Å². The molecule has 0 aromatic heterocycles. The van der Waals surface area contributed by atoms with Crippen LogP contribution < -0.4 is 15.5 Å². The number of hydrogen-bond acceptors (Lipinski definition) is 2. The van der Waals surface area contributed by atoms with Gasteiger partial charge in [0.2, 0.25) is 5.91 Å². The second kappa shape index (κ2) is 7.61. The number of carbonyl (C=O) groups excluding carboxylic acids is 2. The van der Waals surface area contributed by atoms with E-state index in [0.29, 0.717) is 16.4 Å². The molecular formula is C21H22ClN3O2. The van der Waals surface area contributed by atoms with E-state index in [9.17, 15) is 9.59 Å². The Hall–Kier alpha value is -2.53. The SMILES string of the molecule is O=C(Nc1ccc2c(c1)N(C(=O)C1CCCC1)CC2)Nc1ccccc1Cl. The van der Waals surface area contributed by atoms with Gasteiger partial charge in [0.15, 0.2) is 0 Å². The number of amides is 3. The van der Waals surface area contributed by atoms with Crippen LogP contribution in [0.4, 0.5) is 21.9 Å². The van der Waals surface area contributed by atoms with E-state index in [4.69, 9.17) is 11.6 Å². The van der Waals surface area contributed by atoms with Crippen molar-refractivity contribution in [3.8, 4) is 0 Å². The Morgan fingerprint density at radius 2 is 1.81 bits per heavy atom. The molecule has 0 unspecified atom stereocenters. The number of rotatable bonds is 3. The zero-order valence-electron chi connectivity index (χ0n) is 15.0. The summed E-state index contributed by atoms with van der Waals surface area (Å²) in [6, 6.07) is 12.5. The highest BCUT2D eigenvalue weighted by Crippen LogP contribution is 2.35. The molecule has 2 aliphatic rings. The van der Waals surface area contributed by atoms with Crippen LogP contribution in [-0.4, -0.2) is 18.5 Å². The number of para-hydroxylation sites is 1. The Kier molecular flexibility index (Phi) is 5.03. The third kappa shape index (κ3) is 3.78. The number of carbonyl (C=O) groups is 2. The summed E-state index contributed by atoms with van der Waals surface area (Å²) in [5.41, 5.74) is 3.28. The molecule has 4 rings (SSSR count). The van der Waals surface area contributed by atoms with Crippen molar-refractivity contribution < 1.29 is 9.59 Å². The molecule has 140 valence electrons. The van der Waals surface area contributed by atoms with Gasteiger partial charge in [0.05, 0.1) is 10.7 Å². The van der Waals surface area contributed by atoms with Crippen molar-refractivity contribution in [3.63, 3.8) is 0 Å². The van der Waals surface area contributed by atoms with E-state index in [2.05, 4.69) is 10.6 Å². The summed E-state index contributed by atoms with van der Waals surface area (Å²) in [6.07, 6.45) is 5.12. The third-order valence-electron chi connectivity index (χ3n) is 5.33. The number of nitrogens with one attached hydrogen (secondary N) is 2. The lowest BCUT2D eigenvalue weighted by molar-refractivity contribution is -0.122. The molecule has 0 radical (unpaired) electrons. The fraction of sp³-hybridized carbons (Fsp3) is 0.333. The fourth-order valence-corrected chi connectivity index (χ4v) is 4.11. The van der Waals surface area contributed by atoms with Crippen molar-refractivity contribution in [2.24, 2.45) is 5.92 Å².